The molecule has 0 amide bonds. The molecule has 0 bridgehead atoms. The van der Waals surface area contributed by atoms with Crippen molar-refractivity contribution in [3.63, 3.8) is 0 Å². The van der Waals surface area contributed by atoms with Gasteiger partial charge in [0.1, 0.15) is 0 Å². The van der Waals surface area contributed by atoms with Crippen LogP contribution in [0.4, 0.5) is 0 Å². The van der Waals surface area contributed by atoms with E-state index in [0.29, 0.717) is 10.8 Å². The van der Waals surface area contributed by atoms with Crippen molar-refractivity contribution in [2.75, 3.05) is 0 Å². The fourth-order valence-electron chi connectivity index (χ4n) is 0.919. The fourth-order valence-corrected chi connectivity index (χ4v) is 1.90. The van der Waals surface area contributed by atoms with Gasteiger partial charge in [-0.2, -0.15) is 0 Å². The number of halogens is 1. The maximum absolute atomic E-state index is 10.5. The molecule has 0 saturated carbocycles. The number of rotatable bonds is 4. The standard InChI is InChI=1S/C10H11ClO2S/c1-7(10(12)13)14-6-8-3-2-4-9(11)5-8/h2-5,7H,6H2,1H3,(H,12,13). The molecule has 0 aliphatic heterocycles. The van der Waals surface area contributed by atoms with E-state index in [9.17, 15) is 4.79 Å². The zero-order valence-corrected chi connectivity index (χ0v) is 9.31. The molecule has 0 saturated heterocycles. The predicted molar refractivity (Wildman–Crippen MR) is 59.8 cm³/mol. The van der Waals surface area contributed by atoms with E-state index in [2.05, 4.69) is 0 Å². The highest BCUT2D eigenvalue weighted by molar-refractivity contribution is 7.99. The summed E-state index contributed by atoms with van der Waals surface area (Å²) in [5, 5.41) is 8.97. The first-order valence-corrected chi connectivity index (χ1v) is 5.61. The average molecular weight is 231 g/mol. The van der Waals surface area contributed by atoms with Crippen molar-refractivity contribution in [2.45, 2.75) is 17.9 Å². The maximum Gasteiger partial charge on any atom is 0.316 e. The Balaban J connectivity index is 2.49. The van der Waals surface area contributed by atoms with Crippen LogP contribution in [0.15, 0.2) is 24.3 Å². The molecule has 1 aromatic rings. The number of thioether (sulfide) groups is 1. The summed E-state index contributed by atoms with van der Waals surface area (Å²) in [5.74, 6) is -0.106. The van der Waals surface area contributed by atoms with Crippen LogP contribution in [0.2, 0.25) is 5.02 Å². The first-order chi connectivity index (χ1) is 6.59. The molecule has 1 N–H and O–H groups in total. The van der Waals surface area contributed by atoms with Crippen LogP contribution in [0.25, 0.3) is 0 Å². The van der Waals surface area contributed by atoms with Gasteiger partial charge >= 0.3 is 5.97 Å². The number of carbonyl (C=O) groups is 1. The van der Waals surface area contributed by atoms with Gasteiger partial charge in [-0.3, -0.25) is 4.79 Å². The largest absolute Gasteiger partial charge is 0.480 e. The topological polar surface area (TPSA) is 37.3 Å². The molecule has 0 aliphatic carbocycles. The maximum atomic E-state index is 10.5. The average Bonchev–Trinajstić information content (AvgIpc) is 2.14. The highest BCUT2D eigenvalue weighted by atomic mass is 35.5. The summed E-state index contributed by atoms with van der Waals surface area (Å²) >= 11 is 7.19. The van der Waals surface area contributed by atoms with Crippen molar-refractivity contribution in [3.8, 4) is 0 Å². The van der Waals surface area contributed by atoms with E-state index in [1.165, 1.54) is 11.8 Å². The van der Waals surface area contributed by atoms with E-state index >= 15 is 0 Å². The van der Waals surface area contributed by atoms with E-state index in [0.717, 1.165) is 5.56 Å². The molecule has 0 fully saturated rings. The minimum atomic E-state index is -0.781. The normalized spacial score (nSPS) is 12.4. The minimum absolute atomic E-state index is 0.381. The zero-order chi connectivity index (χ0) is 10.6. The van der Waals surface area contributed by atoms with Crippen LogP contribution in [0, 0.1) is 0 Å². The van der Waals surface area contributed by atoms with Crippen LogP contribution >= 0.6 is 23.4 Å². The molecule has 1 unspecified atom stereocenters. The summed E-state index contributed by atoms with van der Waals surface area (Å²) in [6, 6.07) is 7.45. The van der Waals surface area contributed by atoms with Gasteiger partial charge in [0.05, 0.1) is 5.25 Å². The molecule has 4 heteroatoms. The van der Waals surface area contributed by atoms with Gasteiger partial charge in [-0.05, 0) is 24.6 Å². The molecular weight excluding hydrogens is 220 g/mol. The second-order valence-corrected chi connectivity index (χ2v) is 4.69. The number of hydrogen-bond acceptors (Lipinski definition) is 2. The van der Waals surface area contributed by atoms with E-state index < -0.39 is 5.97 Å². The summed E-state index contributed by atoms with van der Waals surface area (Å²) in [6.07, 6.45) is 0. The van der Waals surface area contributed by atoms with Crippen molar-refractivity contribution < 1.29 is 9.90 Å². The summed E-state index contributed by atoms with van der Waals surface area (Å²) in [5.41, 5.74) is 1.05. The van der Waals surface area contributed by atoms with Crippen molar-refractivity contribution in [3.05, 3.63) is 34.9 Å². The van der Waals surface area contributed by atoms with E-state index in [1.54, 1.807) is 13.0 Å². The Morgan fingerprint density at radius 3 is 2.93 bits per heavy atom. The summed E-state index contributed by atoms with van der Waals surface area (Å²) < 4.78 is 0. The Morgan fingerprint density at radius 1 is 1.64 bits per heavy atom. The highest BCUT2D eigenvalue weighted by Gasteiger charge is 2.10. The van der Waals surface area contributed by atoms with Crippen molar-refractivity contribution in [2.24, 2.45) is 0 Å². The number of aliphatic carboxylic acids is 1. The van der Waals surface area contributed by atoms with Crippen LogP contribution in [0.3, 0.4) is 0 Å². The Kier molecular flexibility index (Phi) is 4.29. The monoisotopic (exact) mass is 230 g/mol. The lowest BCUT2D eigenvalue weighted by atomic mass is 10.2. The third kappa shape index (κ3) is 3.60. The molecule has 0 aromatic heterocycles. The van der Waals surface area contributed by atoms with Crippen LogP contribution < -0.4 is 0 Å². The number of benzene rings is 1. The number of hydrogen-bond donors (Lipinski definition) is 1. The lowest BCUT2D eigenvalue weighted by Crippen LogP contribution is -2.11. The molecule has 1 atom stereocenters. The highest BCUT2D eigenvalue weighted by Crippen LogP contribution is 2.19. The minimum Gasteiger partial charge on any atom is -0.480 e. The lowest BCUT2D eigenvalue weighted by molar-refractivity contribution is -0.136. The molecule has 0 radical (unpaired) electrons. The van der Waals surface area contributed by atoms with Crippen LogP contribution in [-0.4, -0.2) is 16.3 Å². The van der Waals surface area contributed by atoms with Gasteiger partial charge in [0.25, 0.3) is 0 Å². The molecule has 0 spiro atoms. The molecule has 2 nitrogen and oxygen atoms in total. The molecule has 0 aliphatic rings. The Bertz CT molecular complexity index is 328. The smallest absolute Gasteiger partial charge is 0.316 e. The van der Waals surface area contributed by atoms with Crippen LogP contribution in [-0.2, 0) is 10.5 Å². The molecular formula is C10H11ClO2S. The van der Waals surface area contributed by atoms with E-state index in [1.807, 2.05) is 18.2 Å². The van der Waals surface area contributed by atoms with Crippen molar-refractivity contribution in [1.29, 1.82) is 0 Å². The summed E-state index contributed by atoms with van der Waals surface area (Å²) in [7, 11) is 0. The number of carboxylic acid groups (broad SMARTS) is 1. The van der Waals surface area contributed by atoms with Gasteiger partial charge in [0.2, 0.25) is 0 Å². The molecule has 0 heterocycles. The summed E-state index contributed by atoms with van der Waals surface area (Å²) in [4.78, 5) is 10.5. The van der Waals surface area contributed by atoms with E-state index in [4.69, 9.17) is 16.7 Å². The predicted octanol–water partition coefficient (Wildman–Crippen LogP) is 3.05. The van der Waals surface area contributed by atoms with Gasteiger partial charge in [0, 0.05) is 10.8 Å². The Morgan fingerprint density at radius 2 is 2.36 bits per heavy atom. The van der Waals surface area contributed by atoms with Crippen LogP contribution in [0.1, 0.15) is 12.5 Å². The molecule has 1 rings (SSSR count). The lowest BCUT2D eigenvalue weighted by Gasteiger charge is -2.05. The second-order valence-electron chi connectivity index (χ2n) is 2.92. The molecule has 76 valence electrons. The van der Waals surface area contributed by atoms with E-state index in [-0.39, 0.29) is 5.25 Å². The van der Waals surface area contributed by atoms with Crippen molar-refractivity contribution in [1.82, 2.24) is 0 Å². The summed E-state index contributed by atoms with van der Waals surface area (Å²) in [6.45, 7) is 1.68. The SMILES string of the molecule is CC(SCc1cccc(Cl)c1)C(=O)O. The second kappa shape index (κ2) is 5.27. The van der Waals surface area contributed by atoms with Crippen LogP contribution in [0.5, 0.6) is 0 Å². The Hall–Kier alpha value is -0.670. The van der Waals surface area contributed by atoms with Gasteiger partial charge in [0.15, 0.2) is 0 Å². The van der Waals surface area contributed by atoms with Gasteiger partial charge in [-0.15, -0.1) is 11.8 Å². The molecule has 1 aromatic carbocycles. The van der Waals surface area contributed by atoms with Gasteiger partial charge < -0.3 is 5.11 Å². The first-order valence-electron chi connectivity index (χ1n) is 4.18. The Labute approximate surface area is 92.3 Å². The third-order valence-electron chi connectivity index (χ3n) is 1.74. The van der Waals surface area contributed by atoms with Crippen molar-refractivity contribution >= 4 is 29.3 Å². The quantitative estimate of drug-likeness (QED) is 0.864. The van der Waals surface area contributed by atoms with Gasteiger partial charge in [-0.1, -0.05) is 23.7 Å². The number of carboxylic acids is 1. The first kappa shape index (κ1) is 11.4. The third-order valence-corrected chi connectivity index (χ3v) is 3.17. The van der Waals surface area contributed by atoms with Gasteiger partial charge in [-0.25, -0.2) is 0 Å². The fraction of sp³-hybridized carbons (Fsp3) is 0.300. The zero-order valence-electron chi connectivity index (χ0n) is 7.74. The molecule has 14 heavy (non-hydrogen) atoms.